The van der Waals surface area contributed by atoms with Gasteiger partial charge in [-0.3, -0.25) is 0 Å². The summed E-state index contributed by atoms with van der Waals surface area (Å²) in [6.45, 7) is 4.80. The molecular weight excluding hydrogens is 200 g/mol. The van der Waals surface area contributed by atoms with Crippen molar-refractivity contribution in [3.8, 4) is 0 Å². The molecule has 1 aliphatic heterocycles. The van der Waals surface area contributed by atoms with E-state index >= 15 is 0 Å². The van der Waals surface area contributed by atoms with Crippen LogP contribution in [0, 0.1) is 0 Å². The molecule has 1 saturated carbocycles. The van der Waals surface area contributed by atoms with E-state index in [-0.39, 0.29) is 0 Å². The van der Waals surface area contributed by atoms with Crippen LogP contribution in [0.2, 0.25) is 0 Å². The lowest BCUT2D eigenvalue weighted by molar-refractivity contribution is 0.0728. The lowest BCUT2D eigenvalue weighted by atomic mass is 9.99. The predicted molar refractivity (Wildman–Crippen MR) is 62.4 cm³/mol. The number of aromatic nitrogens is 2. The van der Waals surface area contributed by atoms with E-state index in [1.165, 1.54) is 37.2 Å². The van der Waals surface area contributed by atoms with Gasteiger partial charge in [-0.15, -0.1) is 0 Å². The van der Waals surface area contributed by atoms with E-state index < -0.39 is 5.60 Å². The van der Waals surface area contributed by atoms with Crippen LogP contribution in [0.15, 0.2) is 0 Å². The molecule has 88 valence electrons. The standard InChI is InChI=1S/C13H20N2O/c1-13(2,16)11-10-5-3-4-8-15(10)12(14-11)9-6-7-9/h9,16H,3-8H2,1-2H3. The second-order valence-electron chi connectivity index (χ2n) is 5.71. The summed E-state index contributed by atoms with van der Waals surface area (Å²) >= 11 is 0. The van der Waals surface area contributed by atoms with Crippen molar-refractivity contribution in [2.24, 2.45) is 0 Å². The second-order valence-corrected chi connectivity index (χ2v) is 5.71. The molecule has 0 spiro atoms. The van der Waals surface area contributed by atoms with E-state index in [1.54, 1.807) is 0 Å². The van der Waals surface area contributed by atoms with Crippen molar-refractivity contribution >= 4 is 0 Å². The molecule has 1 aromatic heterocycles. The zero-order valence-electron chi connectivity index (χ0n) is 10.2. The Morgan fingerprint density at radius 2 is 2.06 bits per heavy atom. The lowest BCUT2D eigenvalue weighted by Gasteiger charge is -2.21. The van der Waals surface area contributed by atoms with Crippen molar-refractivity contribution in [1.29, 1.82) is 0 Å². The summed E-state index contributed by atoms with van der Waals surface area (Å²) in [6, 6.07) is 0. The van der Waals surface area contributed by atoms with Gasteiger partial charge in [0, 0.05) is 18.2 Å². The number of fused-ring (bicyclic) bond motifs is 1. The van der Waals surface area contributed by atoms with Crippen LogP contribution in [0.25, 0.3) is 0 Å². The van der Waals surface area contributed by atoms with Gasteiger partial charge in [-0.25, -0.2) is 4.98 Å². The molecule has 2 heterocycles. The first-order chi connectivity index (χ1) is 7.57. The Morgan fingerprint density at radius 3 is 2.69 bits per heavy atom. The van der Waals surface area contributed by atoms with Crippen LogP contribution in [0.3, 0.4) is 0 Å². The molecule has 16 heavy (non-hydrogen) atoms. The molecule has 1 fully saturated rings. The Morgan fingerprint density at radius 1 is 1.31 bits per heavy atom. The van der Waals surface area contributed by atoms with Crippen molar-refractivity contribution in [3.05, 3.63) is 17.2 Å². The van der Waals surface area contributed by atoms with E-state index in [1.807, 2.05) is 13.8 Å². The van der Waals surface area contributed by atoms with Crippen LogP contribution in [0.5, 0.6) is 0 Å². The highest BCUT2D eigenvalue weighted by molar-refractivity contribution is 5.27. The minimum Gasteiger partial charge on any atom is -0.384 e. The lowest BCUT2D eigenvalue weighted by Crippen LogP contribution is -2.21. The molecule has 1 N–H and O–H groups in total. The summed E-state index contributed by atoms with van der Waals surface area (Å²) in [7, 11) is 0. The molecule has 0 saturated heterocycles. The fourth-order valence-electron chi connectivity index (χ4n) is 2.71. The summed E-state index contributed by atoms with van der Waals surface area (Å²) in [5.41, 5.74) is 1.43. The maximum Gasteiger partial charge on any atom is 0.112 e. The van der Waals surface area contributed by atoms with Crippen LogP contribution in [0.4, 0.5) is 0 Å². The predicted octanol–water partition coefficient (Wildman–Crippen LogP) is 2.32. The van der Waals surface area contributed by atoms with Crippen LogP contribution in [-0.2, 0) is 18.6 Å². The van der Waals surface area contributed by atoms with Gasteiger partial charge in [-0.2, -0.15) is 0 Å². The van der Waals surface area contributed by atoms with E-state index in [0.717, 1.165) is 18.7 Å². The summed E-state index contributed by atoms with van der Waals surface area (Å²) in [4.78, 5) is 4.74. The maximum atomic E-state index is 10.2. The van der Waals surface area contributed by atoms with Crippen LogP contribution in [0.1, 0.15) is 62.7 Å². The number of rotatable bonds is 2. The number of nitrogens with zero attached hydrogens (tertiary/aromatic N) is 2. The summed E-state index contributed by atoms with van der Waals surface area (Å²) in [5, 5.41) is 10.2. The molecule has 0 bridgehead atoms. The number of hydrogen-bond donors (Lipinski definition) is 1. The van der Waals surface area contributed by atoms with E-state index in [9.17, 15) is 5.11 Å². The molecule has 0 aromatic carbocycles. The summed E-state index contributed by atoms with van der Waals surface area (Å²) < 4.78 is 2.38. The SMILES string of the molecule is CC(C)(O)c1nc(C2CC2)n2c1CCCC2. The Kier molecular flexibility index (Phi) is 2.15. The molecule has 0 atom stereocenters. The quantitative estimate of drug-likeness (QED) is 0.830. The number of hydrogen-bond acceptors (Lipinski definition) is 2. The van der Waals surface area contributed by atoms with Gasteiger partial charge in [-0.05, 0) is 46.0 Å². The normalized spacial score (nSPS) is 20.9. The van der Waals surface area contributed by atoms with E-state index in [0.29, 0.717) is 5.92 Å². The topological polar surface area (TPSA) is 38.1 Å². The first-order valence-electron chi connectivity index (χ1n) is 6.39. The Hall–Kier alpha value is -0.830. The van der Waals surface area contributed by atoms with Crippen LogP contribution >= 0.6 is 0 Å². The van der Waals surface area contributed by atoms with Gasteiger partial charge >= 0.3 is 0 Å². The largest absolute Gasteiger partial charge is 0.384 e. The average molecular weight is 220 g/mol. The van der Waals surface area contributed by atoms with Crippen molar-refractivity contribution in [1.82, 2.24) is 9.55 Å². The Labute approximate surface area is 96.5 Å². The third kappa shape index (κ3) is 1.58. The van der Waals surface area contributed by atoms with Crippen LogP contribution < -0.4 is 0 Å². The minimum absolute atomic E-state index is 0.674. The average Bonchev–Trinajstić information content (AvgIpc) is 2.97. The highest BCUT2D eigenvalue weighted by Gasteiger charge is 2.35. The Bertz CT molecular complexity index is 410. The third-order valence-corrected chi connectivity index (χ3v) is 3.67. The highest BCUT2D eigenvalue weighted by atomic mass is 16.3. The van der Waals surface area contributed by atoms with E-state index in [2.05, 4.69) is 4.57 Å². The van der Waals surface area contributed by atoms with Gasteiger partial charge in [0.1, 0.15) is 11.4 Å². The minimum atomic E-state index is -0.790. The van der Waals surface area contributed by atoms with Crippen molar-refractivity contribution < 1.29 is 5.11 Å². The zero-order valence-corrected chi connectivity index (χ0v) is 10.2. The molecule has 3 heteroatoms. The number of imidazole rings is 1. The third-order valence-electron chi connectivity index (χ3n) is 3.67. The fraction of sp³-hybridized carbons (Fsp3) is 0.769. The first kappa shape index (κ1) is 10.3. The van der Waals surface area contributed by atoms with Crippen molar-refractivity contribution in [2.75, 3.05) is 0 Å². The molecular formula is C13H20N2O. The van der Waals surface area contributed by atoms with Gasteiger partial charge in [-0.1, -0.05) is 0 Å². The molecule has 0 radical (unpaired) electrons. The van der Waals surface area contributed by atoms with Gasteiger partial charge < -0.3 is 9.67 Å². The molecule has 2 aliphatic rings. The molecule has 0 amide bonds. The Balaban J connectivity index is 2.11. The van der Waals surface area contributed by atoms with Crippen molar-refractivity contribution in [3.63, 3.8) is 0 Å². The van der Waals surface area contributed by atoms with Gasteiger partial charge in [0.2, 0.25) is 0 Å². The molecule has 3 nitrogen and oxygen atoms in total. The van der Waals surface area contributed by atoms with Gasteiger partial charge in [0.25, 0.3) is 0 Å². The van der Waals surface area contributed by atoms with Crippen molar-refractivity contribution in [2.45, 2.75) is 64.0 Å². The maximum absolute atomic E-state index is 10.2. The van der Waals surface area contributed by atoms with Gasteiger partial charge in [0.15, 0.2) is 0 Å². The molecule has 3 rings (SSSR count). The number of aliphatic hydroxyl groups is 1. The summed E-state index contributed by atoms with van der Waals surface area (Å²) in [5.74, 6) is 1.92. The zero-order chi connectivity index (χ0) is 11.3. The fourth-order valence-corrected chi connectivity index (χ4v) is 2.71. The monoisotopic (exact) mass is 220 g/mol. The summed E-state index contributed by atoms with van der Waals surface area (Å²) in [6.07, 6.45) is 6.13. The molecule has 1 aromatic rings. The smallest absolute Gasteiger partial charge is 0.112 e. The van der Waals surface area contributed by atoms with Gasteiger partial charge in [0.05, 0.1) is 5.69 Å². The molecule has 0 unspecified atom stereocenters. The first-order valence-corrected chi connectivity index (χ1v) is 6.39. The van der Waals surface area contributed by atoms with Crippen LogP contribution in [-0.4, -0.2) is 14.7 Å². The van der Waals surface area contributed by atoms with E-state index in [4.69, 9.17) is 4.98 Å². The molecule has 1 aliphatic carbocycles. The highest BCUT2D eigenvalue weighted by Crippen LogP contribution is 2.42. The second kappa shape index (κ2) is 3.33.